The number of pyridine rings is 2. The number of piperidine rings is 1. The van der Waals surface area contributed by atoms with Crippen LogP contribution in [0.25, 0.3) is 10.9 Å². The Morgan fingerprint density at radius 1 is 1.18 bits per heavy atom. The number of hydrogen-bond acceptors (Lipinski definition) is 7. The number of nitrogens with zero attached hydrogens (tertiary/aromatic N) is 5. The maximum Gasteiger partial charge on any atom is 0.153 e. The van der Waals surface area contributed by atoms with E-state index in [1.54, 1.807) is 0 Å². The molecular formula is C25H34N8. The van der Waals surface area contributed by atoms with Crippen molar-refractivity contribution in [3.63, 3.8) is 0 Å². The Bertz CT molecular complexity index is 1120. The van der Waals surface area contributed by atoms with Gasteiger partial charge in [0.1, 0.15) is 11.6 Å². The fraction of sp³-hybridized carbons (Fsp3) is 0.520. The summed E-state index contributed by atoms with van der Waals surface area (Å²) in [6.45, 7) is 9.37. The van der Waals surface area contributed by atoms with Gasteiger partial charge >= 0.3 is 0 Å². The van der Waals surface area contributed by atoms with Crippen molar-refractivity contribution in [3.8, 4) is 6.07 Å². The van der Waals surface area contributed by atoms with Crippen molar-refractivity contribution in [2.24, 2.45) is 0 Å². The first-order valence-electron chi connectivity index (χ1n) is 12.0. The molecule has 0 amide bonds. The maximum absolute atomic E-state index is 9.10. The lowest BCUT2D eigenvalue weighted by Crippen LogP contribution is -2.52. The van der Waals surface area contributed by atoms with Crippen molar-refractivity contribution in [1.82, 2.24) is 25.1 Å². The van der Waals surface area contributed by atoms with Gasteiger partial charge in [-0.15, -0.1) is 0 Å². The Balaban J connectivity index is 1.64. The number of nitrogens with one attached hydrogen (secondary N) is 3. The van der Waals surface area contributed by atoms with Crippen LogP contribution in [0, 0.1) is 25.2 Å². The van der Waals surface area contributed by atoms with Crippen molar-refractivity contribution in [3.05, 3.63) is 35.7 Å². The molecule has 3 aromatic rings. The van der Waals surface area contributed by atoms with Gasteiger partial charge in [0.15, 0.2) is 5.82 Å². The number of rotatable bonds is 8. The highest BCUT2D eigenvalue weighted by Gasteiger charge is 2.34. The molecule has 174 valence electrons. The van der Waals surface area contributed by atoms with Gasteiger partial charge in [-0.05, 0) is 51.7 Å². The molecule has 1 saturated heterocycles. The number of aromatic amines is 1. The number of hydrogen-bond donors (Lipinski definition) is 3. The predicted octanol–water partition coefficient (Wildman–Crippen LogP) is 5.06. The molecule has 2 unspecified atom stereocenters. The first-order valence-corrected chi connectivity index (χ1v) is 12.0. The van der Waals surface area contributed by atoms with E-state index in [1.807, 2.05) is 32.2 Å². The summed E-state index contributed by atoms with van der Waals surface area (Å²) in [6.07, 6.45) is 6.65. The zero-order valence-corrected chi connectivity index (χ0v) is 20.0. The average Bonchev–Trinajstić information content (AvgIpc) is 3.25. The Kier molecular flexibility index (Phi) is 7.09. The second-order valence-corrected chi connectivity index (χ2v) is 8.98. The molecule has 1 aliphatic rings. The summed E-state index contributed by atoms with van der Waals surface area (Å²) in [5, 5.41) is 24.6. The van der Waals surface area contributed by atoms with Gasteiger partial charge < -0.3 is 10.6 Å². The van der Waals surface area contributed by atoms with Gasteiger partial charge in [-0.2, -0.15) is 10.4 Å². The molecule has 4 rings (SSSR count). The molecule has 33 heavy (non-hydrogen) atoms. The van der Waals surface area contributed by atoms with Crippen molar-refractivity contribution >= 4 is 28.4 Å². The van der Waals surface area contributed by atoms with Crippen LogP contribution in [0.5, 0.6) is 0 Å². The normalized spacial score (nSPS) is 21.1. The third-order valence-electron chi connectivity index (χ3n) is 6.77. The molecular weight excluding hydrogens is 412 g/mol. The Morgan fingerprint density at radius 3 is 2.58 bits per heavy atom. The highest BCUT2D eigenvalue weighted by Crippen LogP contribution is 2.33. The van der Waals surface area contributed by atoms with Crippen LogP contribution in [0.4, 0.5) is 17.5 Å². The van der Waals surface area contributed by atoms with Gasteiger partial charge in [0.25, 0.3) is 0 Å². The molecule has 3 aromatic heterocycles. The summed E-state index contributed by atoms with van der Waals surface area (Å²) < 4.78 is 0. The fourth-order valence-corrected chi connectivity index (χ4v) is 5.08. The minimum absolute atomic E-state index is 0.317. The summed E-state index contributed by atoms with van der Waals surface area (Å²) in [4.78, 5) is 12.2. The molecule has 0 aliphatic carbocycles. The molecule has 3 N–H and O–H groups in total. The maximum atomic E-state index is 9.10. The fourth-order valence-electron chi connectivity index (χ4n) is 5.08. The SMILES string of the molecule is CCC1CC(Nc2nc(Nc3cc(C)[nH]n3)c(C)c3ncccc23)CC(CC)N1CCC#N. The topological polar surface area (TPSA) is 106 Å². The molecule has 0 spiro atoms. The Labute approximate surface area is 195 Å². The molecule has 8 nitrogen and oxygen atoms in total. The van der Waals surface area contributed by atoms with Crippen LogP contribution in [-0.2, 0) is 0 Å². The van der Waals surface area contributed by atoms with Gasteiger partial charge in [-0.25, -0.2) is 4.98 Å². The molecule has 0 radical (unpaired) electrons. The number of aryl methyl sites for hydroxylation is 2. The van der Waals surface area contributed by atoms with E-state index in [9.17, 15) is 0 Å². The van der Waals surface area contributed by atoms with E-state index >= 15 is 0 Å². The lowest BCUT2D eigenvalue weighted by Gasteiger charge is -2.45. The van der Waals surface area contributed by atoms with E-state index in [0.717, 1.165) is 71.8 Å². The van der Waals surface area contributed by atoms with E-state index < -0.39 is 0 Å². The predicted molar refractivity (Wildman–Crippen MR) is 133 cm³/mol. The highest BCUT2D eigenvalue weighted by molar-refractivity contribution is 5.94. The van der Waals surface area contributed by atoms with Crippen molar-refractivity contribution in [2.75, 3.05) is 17.2 Å². The van der Waals surface area contributed by atoms with Crippen LogP contribution in [-0.4, -0.2) is 49.7 Å². The van der Waals surface area contributed by atoms with Gasteiger partial charge in [0.05, 0.1) is 11.6 Å². The molecule has 8 heteroatoms. The number of H-pyrrole nitrogens is 1. The highest BCUT2D eigenvalue weighted by atomic mass is 15.2. The van der Waals surface area contributed by atoms with Crippen LogP contribution < -0.4 is 10.6 Å². The summed E-state index contributed by atoms with van der Waals surface area (Å²) in [6, 6.07) is 9.59. The number of nitriles is 1. The Hall–Kier alpha value is -3.18. The summed E-state index contributed by atoms with van der Waals surface area (Å²) >= 11 is 0. The van der Waals surface area contributed by atoms with Gasteiger partial charge in [-0.1, -0.05) is 13.8 Å². The van der Waals surface area contributed by atoms with E-state index in [4.69, 9.17) is 10.2 Å². The zero-order valence-electron chi connectivity index (χ0n) is 20.0. The van der Waals surface area contributed by atoms with Gasteiger partial charge in [0.2, 0.25) is 0 Å². The van der Waals surface area contributed by atoms with Crippen LogP contribution in [0.2, 0.25) is 0 Å². The summed E-state index contributed by atoms with van der Waals surface area (Å²) in [5.74, 6) is 2.37. The minimum atomic E-state index is 0.317. The third kappa shape index (κ3) is 4.93. The van der Waals surface area contributed by atoms with Crippen molar-refractivity contribution in [1.29, 1.82) is 5.26 Å². The van der Waals surface area contributed by atoms with Crippen LogP contribution in [0.1, 0.15) is 57.2 Å². The Morgan fingerprint density at radius 2 is 1.94 bits per heavy atom. The third-order valence-corrected chi connectivity index (χ3v) is 6.77. The van der Waals surface area contributed by atoms with E-state index in [1.165, 1.54) is 0 Å². The first kappa shape index (κ1) is 23.0. The van der Waals surface area contributed by atoms with E-state index in [2.05, 4.69) is 56.7 Å². The second kappa shape index (κ2) is 10.2. The van der Waals surface area contributed by atoms with Gasteiger partial charge in [-0.3, -0.25) is 15.0 Å². The summed E-state index contributed by atoms with van der Waals surface area (Å²) in [5.41, 5.74) is 2.93. The lowest BCUT2D eigenvalue weighted by atomic mass is 9.88. The molecule has 1 fully saturated rings. The van der Waals surface area contributed by atoms with Crippen molar-refractivity contribution in [2.45, 2.75) is 77.9 Å². The standard InChI is InChI=1S/C25H34N8/c1-5-19-14-18(15-20(6-2)33(19)12-8-10-26)28-25-21-9-7-11-27-23(21)17(4)24(30-25)29-22-13-16(3)31-32-22/h7,9,11,13,18-20H,5-6,8,12,14-15H2,1-4H3,(H3,28,29,30,31,32). The number of fused-ring (bicyclic) bond motifs is 1. The molecule has 1 aliphatic heterocycles. The van der Waals surface area contributed by atoms with E-state index in [-0.39, 0.29) is 0 Å². The van der Waals surface area contributed by atoms with Crippen LogP contribution >= 0.6 is 0 Å². The number of likely N-dealkylation sites (tertiary alicyclic amines) is 1. The first-order chi connectivity index (χ1) is 16.0. The average molecular weight is 447 g/mol. The van der Waals surface area contributed by atoms with E-state index in [0.29, 0.717) is 24.5 Å². The monoisotopic (exact) mass is 446 g/mol. The quantitative estimate of drug-likeness (QED) is 0.444. The smallest absolute Gasteiger partial charge is 0.153 e. The lowest BCUT2D eigenvalue weighted by molar-refractivity contribution is 0.0735. The second-order valence-electron chi connectivity index (χ2n) is 8.98. The molecule has 0 bridgehead atoms. The zero-order chi connectivity index (χ0) is 23.4. The molecule has 0 saturated carbocycles. The molecule has 4 heterocycles. The number of aromatic nitrogens is 4. The molecule has 0 aromatic carbocycles. The minimum Gasteiger partial charge on any atom is -0.367 e. The van der Waals surface area contributed by atoms with Gasteiger partial charge in [0, 0.05) is 60.0 Å². The summed E-state index contributed by atoms with van der Waals surface area (Å²) in [7, 11) is 0. The largest absolute Gasteiger partial charge is 0.367 e. The van der Waals surface area contributed by atoms with Crippen LogP contribution in [0.15, 0.2) is 24.4 Å². The number of anilines is 3. The van der Waals surface area contributed by atoms with Crippen LogP contribution in [0.3, 0.4) is 0 Å². The van der Waals surface area contributed by atoms with Crippen molar-refractivity contribution < 1.29 is 0 Å². The molecule has 2 atom stereocenters.